The van der Waals surface area contributed by atoms with Crippen LogP contribution in [-0.2, 0) is 4.79 Å². The maximum absolute atomic E-state index is 10.2. The predicted molar refractivity (Wildman–Crippen MR) is 46.2 cm³/mol. The van der Waals surface area contributed by atoms with Gasteiger partial charge in [0.1, 0.15) is 6.04 Å². The van der Waals surface area contributed by atoms with Gasteiger partial charge in [-0.2, -0.15) is 0 Å². The van der Waals surface area contributed by atoms with Crippen molar-refractivity contribution in [2.45, 2.75) is 18.5 Å². The van der Waals surface area contributed by atoms with Gasteiger partial charge in [0.05, 0.1) is 6.04 Å². The molecule has 0 bridgehead atoms. The summed E-state index contributed by atoms with van der Waals surface area (Å²) in [4.78, 5) is 10.2. The SMILES string of the molecule is C#CC(N)CC=CC(N)C(=O)O. The van der Waals surface area contributed by atoms with Crippen LogP contribution in [-0.4, -0.2) is 23.2 Å². The minimum absolute atomic E-state index is 0.373. The van der Waals surface area contributed by atoms with Gasteiger partial charge >= 0.3 is 5.97 Å². The molecule has 0 aliphatic rings. The number of aliphatic carboxylic acids is 1. The maximum Gasteiger partial charge on any atom is 0.324 e. The lowest BCUT2D eigenvalue weighted by Gasteiger charge is -1.99. The van der Waals surface area contributed by atoms with E-state index in [2.05, 4.69) is 5.92 Å². The molecule has 4 heteroatoms. The van der Waals surface area contributed by atoms with Crippen molar-refractivity contribution >= 4 is 5.97 Å². The molecular weight excluding hydrogens is 156 g/mol. The zero-order valence-corrected chi connectivity index (χ0v) is 6.60. The number of carbonyl (C=O) groups is 1. The molecule has 0 aromatic carbocycles. The standard InChI is InChI=1S/C8H12N2O2/c1-2-6(9)4-3-5-7(10)8(11)12/h1,3,5-7H,4,9-10H2,(H,11,12). The zero-order valence-electron chi connectivity index (χ0n) is 6.60. The van der Waals surface area contributed by atoms with Crippen molar-refractivity contribution in [2.75, 3.05) is 0 Å². The molecule has 5 N–H and O–H groups in total. The summed E-state index contributed by atoms with van der Waals surface area (Å²) in [5, 5.41) is 8.36. The van der Waals surface area contributed by atoms with Gasteiger partial charge in [-0.15, -0.1) is 6.42 Å². The van der Waals surface area contributed by atoms with E-state index in [-0.39, 0.29) is 6.04 Å². The van der Waals surface area contributed by atoms with Crippen molar-refractivity contribution in [3.63, 3.8) is 0 Å². The van der Waals surface area contributed by atoms with Crippen LogP contribution in [0.15, 0.2) is 12.2 Å². The highest BCUT2D eigenvalue weighted by Crippen LogP contribution is 1.90. The fourth-order valence-corrected chi connectivity index (χ4v) is 0.522. The van der Waals surface area contributed by atoms with Gasteiger partial charge in [0.25, 0.3) is 0 Å². The largest absolute Gasteiger partial charge is 0.480 e. The van der Waals surface area contributed by atoms with Crippen molar-refractivity contribution in [2.24, 2.45) is 11.5 Å². The molecule has 0 aromatic rings. The summed E-state index contributed by atoms with van der Waals surface area (Å²) < 4.78 is 0. The fourth-order valence-electron chi connectivity index (χ4n) is 0.522. The molecule has 0 fully saturated rings. The Kier molecular flexibility index (Phi) is 4.77. The van der Waals surface area contributed by atoms with Crippen LogP contribution >= 0.6 is 0 Å². The van der Waals surface area contributed by atoms with E-state index < -0.39 is 12.0 Å². The van der Waals surface area contributed by atoms with E-state index in [1.54, 1.807) is 6.08 Å². The number of carboxylic acids is 1. The van der Waals surface area contributed by atoms with Crippen LogP contribution in [0.2, 0.25) is 0 Å². The Bertz CT molecular complexity index is 218. The topological polar surface area (TPSA) is 89.3 Å². The predicted octanol–water partition coefficient (Wildman–Crippen LogP) is -0.695. The smallest absolute Gasteiger partial charge is 0.324 e. The van der Waals surface area contributed by atoms with Crippen LogP contribution in [0.3, 0.4) is 0 Å². The van der Waals surface area contributed by atoms with E-state index in [1.807, 2.05) is 0 Å². The lowest BCUT2D eigenvalue weighted by molar-refractivity contribution is -0.137. The molecule has 0 saturated carbocycles. The third-order valence-corrected chi connectivity index (χ3v) is 1.23. The first-order chi connectivity index (χ1) is 5.57. The van der Waals surface area contributed by atoms with E-state index in [0.717, 1.165) is 0 Å². The Labute approximate surface area is 71.2 Å². The van der Waals surface area contributed by atoms with E-state index in [0.29, 0.717) is 6.42 Å². The molecule has 0 amide bonds. The minimum atomic E-state index is -1.07. The lowest BCUT2D eigenvalue weighted by atomic mass is 10.2. The van der Waals surface area contributed by atoms with Crippen LogP contribution in [0.1, 0.15) is 6.42 Å². The molecule has 66 valence electrons. The van der Waals surface area contributed by atoms with Gasteiger partial charge in [0.15, 0.2) is 0 Å². The average molecular weight is 168 g/mol. The number of hydrogen-bond acceptors (Lipinski definition) is 3. The van der Waals surface area contributed by atoms with Crippen molar-refractivity contribution in [1.29, 1.82) is 0 Å². The monoisotopic (exact) mass is 168 g/mol. The second kappa shape index (κ2) is 5.35. The summed E-state index contributed by atoms with van der Waals surface area (Å²) in [6.45, 7) is 0. The summed E-state index contributed by atoms with van der Waals surface area (Å²) >= 11 is 0. The molecule has 4 nitrogen and oxygen atoms in total. The van der Waals surface area contributed by atoms with Gasteiger partial charge in [0, 0.05) is 0 Å². The number of terminal acetylenes is 1. The summed E-state index contributed by atoms with van der Waals surface area (Å²) in [6.07, 6.45) is 8.37. The minimum Gasteiger partial charge on any atom is -0.480 e. The summed E-state index contributed by atoms with van der Waals surface area (Å²) in [5.74, 6) is 1.24. The van der Waals surface area contributed by atoms with Crippen LogP contribution in [0.5, 0.6) is 0 Å². The van der Waals surface area contributed by atoms with Gasteiger partial charge in [-0.25, -0.2) is 0 Å². The molecule has 0 aliphatic heterocycles. The van der Waals surface area contributed by atoms with Crippen molar-refractivity contribution in [3.8, 4) is 12.3 Å². The highest BCUT2D eigenvalue weighted by molar-refractivity contribution is 5.75. The third kappa shape index (κ3) is 4.50. The Balaban J connectivity index is 3.78. The number of hydrogen-bond donors (Lipinski definition) is 3. The molecule has 0 rings (SSSR count). The lowest BCUT2D eigenvalue weighted by Crippen LogP contribution is -2.27. The van der Waals surface area contributed by atoms with Gasteiger partial charge in [-0.05, 0) is 6.42 Å². The molecule has 0 aromatic heterocycles. The Morgan fingerprint density at radius 2 is 2.25 bits per heavy atom. The molecule has 2 unspecified atom stereocenters. The highest BCUT2D eigenvalue weighted by atomic mass is 16.4. The van der Waals surface area contributed by atoms with Gasteiger partial charge in [0.2, 0.25) is 0 Å². The van der Waals surface area contributed by atoms with E-state index >= 15 is 0 Å². The van der Waals surface area contributed by atoms with Crippen LogP contribution in [0, 0.1) is 12.3 Å². The van der Waals surface area contributed by atoms with E-state index in [1.165, 1.54) is 6.08 Å². The van der Waals surface area contributed by atoms with Crippen molar-refractivity contribution in [1.82, 2.24) is 0 Å². The molecule has 0 heterocycles. The van der Waals surface area contributed by atoms with Crippen LogP contribution < -0.4 is 11.5 Å². The maximum atomic E-state index is 10.2. The van der Waals surface area contributed by atoms with Crippen LogP contribution in [0.25, 0.3) is 0 Å². The van der Waals surface area contributed by atoms with Crippen molar-refractivity contribution < 1.29 is 9.90 Å². The molecule has 0 radical (unpaired) electrons. The number of nitrogens with two attached hydrogens (primary N) is 2. The van der Waals surface area contributed by atoms with Gasteiger partial charge in [-0.3, -0.25) is 4.79 Å². The van der Waals surface area contributed by atoms with E-state index in [4.69, 9.17) is 23.0 Å². The quantitative estimate of drug-likeness (QED) is 0.382. The normalized spacial score (nSPS) is 15.4. The Morgan fingerprint density at radius 3 is 2.67 bits per heavy atom. The van der Waals surface area contributed by atoms with Gasteiger partial charge in [-0.1, -0.05) is 18.1 Å². The zero-order chi connectivity index (χ0) is 9.56. The summed E-state index contributed by atoms with van der Waals surface area (Å²) in [5.41, 5.74) is 10.5. The van der Waals surface area contributed by atoms with E-state index in [9.17, 15) is 4.79 Å². The fraction of sp³-hybridized carbons (Fsp3) is 0.375. The molecule has 0 aliphatic carbocycles. The molecule has 0 spiro atoms. The second-order valence-corrected chi connectivity index (χ2v) is 2.30. The highest BCUT2D eigenvalue weighted by Gasteiger charge is 2.05. The third-order valence-electron chi connectivity index (χ3n) is 1.23. The number of carboxylic acid groups (broad SMARTS) is 1. The first kappa shape index (κ1) is 10.7. The molecule has 0 saturated heterocycles. The van der Waals surface area contributed by atoms with Crippen LogP contribution in [0.4, 0.5) is 0 Å². The average Bonchev–Trinajstić information content (AvgIpc) is 2.03. The Morgan fingerprint density at radius 1 is 1.67 bits per heavy atom. The van der Waals surface area contributed by atoms with Crippen molar-refractivity contribution in [3.05, 3.63) is 12.2 Å². The summed E-state index contributed by atoms with van der Waals surface area (Å²) in [7, 11) is 0. The van der Waals surface area contributed by atoms with Gasteiger partial charge < -0.3 is 16.6 Å². The molecular formula is C8H12N2O2. The number of rotatable bonds is 4. The first-order valence-electron chi connectivity index (χ1n) is 3.44. The molecule has 2 atom stereocenters. The molecule has 12 heavy (non-hydrogen) atoms. The summed E-state index contributed by atoms with van der Waals surface area (Å²) in [6, 6.07) is -1.35. The first-order valence-corrected chi connectivity index (χ1v) is 3.44. The second-order valence-electron chi connectivity index (χ2n) is 2.30. The Hall–Kier alpha value is -1.31.